The molecule has 15 heavy (non-hydrogen) atoms. The normalized spacial score (nSPS) is 14.5. The highest BCUT2D eigenvalue weighted by atomic mass is 35.5. The Bertz CT molecular complexity index is 370. The van der Waals surface area contributed by atoms with Crippen LogP contribution in [-0.4, -0.2) is 22.5 Å². The molecule has 1 aromatic rings. The third-order valence-corrected chi connectivity index (χ3v) is 2.50. The second kappa shape index (κ2) is 5.37. The first kappa shape index (κ1) is 12.3. The number of aromatic hydroxyl groups is 1. The molecule has 0 aliphatic rings. The van der Waals surface area contributed by atoms with Crippen molar-refractivity contribution in [2.75, 3.05) is 12.5 Å². The SMILES string of the molecule is O=P(O)(OCCCl)Oc1ccccc1O. The number of benzene rings is 1. The van der Waals surface area contributed by atoms with Crippen LogP contribution in [-0.2, 0) is 9.09 Å². The van der Waals surface area contributed by atoms with Crippen LogP contribution in [0.25, 0.3) is 0 Å². The van der Waals surface area contributed by atoms with Crippen LogP contribution < -0.4 is 4.52 Å². The lowest BCUT2D eigenvalue weighted by Crippen LogP contribution is -1.99. The third kappa shape index (κ3) is 4.10. The van der Waals surface area contributed by atoms with E-state index in [0.29, 0.717) is 0 Å². The number of alkyl halides is 1. The molecule has 1 aromatic carbocycles. The molecule has 0 heterocycles. The molecule has 0 aromatic heterocycles. The van der Waals surface area contributed by atoms with E-state index in [-0.39, 0.29) is 24.0 Å². The fourth-order valence-electron chi connectivity index (χ4n) is 0.835. The zero-order valence-electron chi connectivity index (χ0n) is 7.67. The van der Waals surface area contributed by atoms with E-state index in [1.54, 1.807) is 12.1 Å². The number of hydrogen-bond donors (Lipinski definition) is 2. The van der Waals surface area contributed by atoms with Crippen molar-refractivity contribution in [3.63, 3.8) is 0 Å². The summed E-state index contributed by atoms with van der Waals surface area (Å²) in [6.45, 7) is -0.108. The summed E-state index contributed by atoms with van der Waals surface area (Å²) in [7, 11) is -4.20. The van der Waals surface area contributed by atoms with Crippen LogP contribution in [0.1, 0.15) is 0 Å². The van der Waals surface area contributed by atoms with Gasteiger partial charge in [-0.2, -0.15) is 0 Å². The van der Waals surface area contributed by atoms with Gasteiger partial charge in [0.2, 0.25) is 0 Å². The summed E-state index contributed by atoms with van der Waals surface area (Å²) < 4.78 is 20.3. The van der Waals surface area contributed by atoms with Crippen LogP contribution in [0.5, 0.6) is 11.5 Å². The van der Waals surface area contributed by atoms with Gasteiger partial charge in [-0.05, 0) is 12.1 Å². The number of rotatable bonds is 5. The molecular weight excluding hydrogens is 243 g/mol. The quantitative estimate of drug-likeness (QED) is 0.620. The lowest BCUT2D eigenvalue weighted by molar-refractivity contribution is 0.212. The van der Waals surface area contributed by atoms with Crippen molar-refractivity contribution in [3.8, 4) is 11.5 Å². The van der Waals surface area contributed by atoms with Gasteiger partial charge in [0.25, 0.3) is 0 Å². The molecule has 0 spiro atoms. The fourth-order valence-corrected chi connectivity index (χ4v) is 1.80. The summed E-state index contributed by atoms with van der Waals surface area (Å²) in [4.78, 5) is 9.16. The van der Waals surface area contributed by atoms with Gasteiger partial charge < -0.3 is 9.63 Å². The minimum absolute atomic E-state index is 0.0781. The number of phosphoric ester groups is 1. The van der Waals surface area contributed by atoms with Crippen LogP contribution in [0, 0.1) is 0 Å². The van der Waals surface area contributed by atoms with Gasteiger partial charge in [-0.25, -0.2) is 4.57 Å². The molecule has 5 nitrogen and oxygen atoms in total. The number of hydrogen-bond acceptors (Lipinski definition) is 4. The van der Waals surface area contributed by atoms with Crippen molar-refractivity contribution < 1.29 is 23.6 Å². The Hall–Kier alpha value is -0.740. The summed E-state index contributed by atoms with van der Waals surface area (Å²) >= 11 is 5.28. The van der Waals surface area contributed by atoms with E-state index in [1.165, 1.54) is 12.1 Å². The molecule has 0 fully saturated rings. The fraction of sp³-hybridized carbons (Fsp3) is 0.250. The summed E-state index contributed by atoms with van der Waals surface area (Å²) in [5.74, 6) is -0.270. The van der Waals surface area contributed by atoms with Crippen LogP contribution in [0.15, 0.2) is 24.3 Å². The first-order valence-electron chi connectivity index (χ1n) is 4.06. The molecular formula is C8H10ClO5P. The molecule has 0 aliphatic heterocycles. The topological polar surface area (TPSA) is 76.0 Å². The van der Waals surface area contributed by atoms with Gasteiger partial charge in [0.15, 0.2) is 11.5 Å². The largest absolute Gasteiger partial charge is 0.527 e. The van der Waals surface area contributed by atoms with E-state index in [4.69, 9.17) is 16.5 Å². The summed E-state index contributed by atoms with van der Waals surface area (Å²) in [5.41, 5.74) is 0. The second-order valence-electron chi connectivity index (χ2n) is 2.55. The first-order valence-corrected chi connectivity index (χ1v) is 6.09. The van der Waals surface area contributed by atoms with E-state index < -0.39 is 7.82 Å². The van der Waals surface area contributed by atoms with Crippen LogP contribution >= 0.6 is 19.4 Å². The summed E-state index contributed by atoms with van der Waals surface area (Å²) in [5, 5.41) is 9.26. The average Bonchev–Trinajstić information content (AvgIpc) is 2.18. The summed E-state index contributed by atoms with van der Waals surface area (Å²) in [6.07, 6.45) is 0. The highest BCUT2D eigenvalue weighted by Crippen LogP contribution is 2.46. The highest BCUT2D eigenvalue weighted by molar-refractivity contribution is 7.47. The minimum Gasteiger partial charge on any atom is -0.504 e. The Labute approximate surface area is 91.8 Å². The van der Waals surface area contributed by atoms with Crippen molar-refractivity contribution in [1.29, 1.82) is 0 Å². The van der Waals surface area contributed by atoms with Crippen molar-refractivity contribution in [2.24, 2.45) is 0 Å². The van der Waals surface area contributed by atoms with Crippen molar-refractivity contribution in [2.45, 2.75) is 0 Å². The molecule has 0 aliphatic carbocycles. The zero-order valence-corrected chi connectivity index (χ0v) is 9.32. The molecule has 0 saturated heterocycles. The number of phenols is 1. The maximum absolute atomic E-state index is 11.2. The second-order valence-corrected chi connectivity index (χ2v) is 4.31. The van der Waals surface area contributed by atoms with Crippen molar-refractivity contribution in [3.05, 3.63) is 24.3 Å². The first-order chi connectivity index (χ1) is 7.05. The molecule has 0 saturated carbocycles. The van der Waals surface area contributed by atoms with E-state index in [9.17, 15) is 9.67 Å². The van der Waals surface area contributed by atoms with Gasteiger partial charge in [-0.15, -0.1) is 11.6 Å². The molecule has 2 N–H and O–H groups in total. The average molecular weight is 253 g/mol. The van der Waals surface area contributed by atoms with E-state index in [1.807, 2.05) is 0 Å². The zero-order chi connectivity index (χ0) is 11.3. The van der Waals surface area contributed by atoms with Crippen molar-refractivity contribution in [1.82, 2.24) is 0 Å². The number of phosphoric acid groups is 1. The minimum atomic E-state index is -4.20. The molecule has 1 rings (SSSR count). The molecule has 84 valence electrons. The van der Waals surface area contributed by atoms with Gasteiger partial charge in [0, 0.05) is 5.88 Å². The monoisotopic (exact) mass is 252 g/mol. The van der Waals surface area contributed by atoms with E-state index >= 15 is 0 Å². The maximum Gasteiger partial charge on any atom is 0.527 e. The van der Waals surface area contributed by atoms with Crippen LogP contribution in [0.2, 0.25) is 0 Å². The molecule has 1 unspecified atom stereocenters. The van der Waals surface area contributed by atoms with Crippen LogP contribution in [0.4, 0.5) is 0 Å². The standard InChI is InChI=1S/C8H10ClO5P/c9-5-6-13-15(11,12)14-8-4-2-1-3-7(8)10/h1-4,10H,5-6H2,(H,11,12). The Morgan fingerprint density at radius 1 is 1.40 bits per heavy atom. The Morgan fingerprint density at radius 3 is 2.67 bits per heavy atom. The number of para-hydroxylation sites is 2. The lowest BCUT2D eigenvalue weighted by Gasteiger charge is -2.12. The van der Waals surface area contributed by atoms with Crippen molar-refractivity contribution >= 4 is 19.4 Å². The molecule has 0 bridgehead atoms. The lowest BCUT2D eigenvalue weighted by atomic mass is 10.3. The molecule has 1 atom stereocenters. The number of halogens is 1. The predicted molar refractivity (Wildman–Crippen MR) is 55.2 cm³/mol. The van der Waals surface area contributed by atoms with Gasteiger partial charge in [-0.1, -0.05) is 12.1 Å². The van der Waals surface area contributed by atoms with E-state index in [2.05, 4.69) is 9.05 Å². The predicted octanol–water partition coefficient (Wildman–Crippen LogP) is 2.13. The Kier molecular flexibility index (Phi) is 4.42. The van der Waals surface area contributed by atoms with Gasteiger partial charge in [0.1, 0.15) is 0 Å². The van der Waals surface area contributed by atoms with Gasteiger partial charge in [0.05, 0.1) is 6.61 Å². The third-order valence-electron chi connectivity index (χ3n) is 1.41. The highest BCUT2D eigenvalue weighted by Gasteiger charge is 2.23. The molecule has 0 radical (unpaired) electrons. The molecule has 0 amide bonds. The molecule has 7 heteroatoms. The van der Waals surface area contributed by atoms with Gasteiger partial charge >= 0.3 is 7.82 Å². The van der Waals surface area contributed by atoms with Gasteiger partial charge in [-0.3, -0.25) is 9.42 Å². The summed E-state index contributed by atoms with van der Waals surface area (Å²) in [6, 6.07) is 5.79. The smallest absolute Gasteiger partial charge is 0.504 e. The number of phenolic OH excluding ortho intramolecular Hbond substituents is 1. The van der Waals surface area contributed by atoms with Crippen LogP contribution in [0.3, 0.4) is 0 Å². The Morgan fingerprint density at radius 2 is 2.07 bits per heavy atom. The van der Waals surface area contributed by atoms with E-state index in [0.717, 1.165) is 0 Å². The Balaban J connectivity index is 2.69. The maximum atomic E-state index is 11.2.